The molecule has 1 fully saturated rings. The number of benzene rings is 2. The van der Waals surface area contributed by atoms with Crippen molar-refractivity contribution in [3.8, 4) is 11.5 Å². The molecule has 1 saturated heterocycles. The second-order valence-corrected chi connectivity index (χ2v) is 7.99. The van der Waals surface area contributed by atoms with Crippen LogP contribution in [0.4, 0.5) is 0 Å². The van der Waals surface area contributed by atoms with Crippen molar-refractivity contribution < 1.29 is 23.8 Å². The van der Waals surface area contributed by atoms with Crippen molar-refractivity contribution >= 4 is 11.8 Å². The molecule has 1 aliphatic heterocycles. The maximum Gasteiger partial charge on any atom is 0.254 e. The molecule has 2 atom stereocenters. The Morgan fingerprint density at radius 2 is 1.72 bits per heavy atom. The molecule has 7 nitrogen and oxygen atoms in total. The van der Waals surface area contributed by atoms with Gasteiger partial charge in [-0.25, -0.2) is 0 Å². The lowest BCUT2D eigenvalue weighted by molar-refractivity contribution is -0.171. The molecule has 0 spiro atoms. The zero-order chi connectivity index (χ0) is 23.1. The van der Waals surface area contributed by atoms with Gasteiger partial charge in [0.15, 0.2) is 6.10 Å². The molecule has 2 amide bonds. The van der Waals surface area contributed by atoms with Crippen LogP contribution >= 0.6 is 0 Å². The van der Waals surface area contributed by atoms with Gasteiger partial charge in [-0.15, -0.1) is 0 Å². The molecule has 0 bridgehead atoms. The number of carbonyl (C=O) groups is 2. The van der Waals surface area contributed by atoms with E-state index in [9.17, 15) is 9.59 Å². The molecule has 0 saturated carbocycles. The van der Waals surface area contributed by atoms with E-state index in [1.54, 1.807) is 16.8 Å². The maximum atomic E-state index is 13.3. The molecule has 1 aliphatic rings. The van der Waals surface area contributed by atoms with Crippen LogP contribution < -0.4 is 9.47 Å². The average molecular weight is 441 g/mol. The highest BCUT2D eigenvalue weighted by molar-refractivity contribution is 5.86. The van der Waals surface area contributed by atoms with Crippen LogP contribution in [0, 0.1) is 0 Å². The van der Waals surface area contributed by atoms with Gasteiger partial charge in [0, 0.05) is 13.1 Å². The fourth-order valence-corrected chi connectivity index (χ4v) is 3.86. The molecule has 7 heteroatoms. The van der Waals surface area contributed by atoms with Gasteiger partial charge in [-0.2, -0.15) is 0 Å². The lowest BCUT2D eigenvalue weighted by Gasteiger charge is -2.43. The van der Waals surface area contributed by atoms with Crippen LogP contribution in [0.2, 0.25) is 0 Å². The summed E-state index contributed by atoms with van der Waals surface area (Å²) in [6.45, 7) is 7.08. The van der Waals surface area contributed by atoms with Crippen LogP contribution in [0.5, 0.6) is 11.5 Å². The fourth-order valence-electron chi connectivity index (χ4n) is 3.86. The summed E-state index contributed by atoms with van der Waals surface area (Å²) in [6, 6.07) is 16.4. The molecule has 0 unspecified atom stereocenters. The maximum absolute atomic E-state index is 13.3. The molecule has 2 aromatic carbocycles. The molecule has 0 aromatic heterocycles. The van der Waals surface area contributed by atoms with Crippen LogP contribution in [0.15, 0.2) is 54.6 Å². The Morgan fingerprint density at radius 3 is 2.31 bits per heavy atom. The van der Waals surface area contributed by atoms with Crippen LogP contribution in [0.25, 0.3) is 0 Å². The van der Waals surface area contributed by atoms with Gasteiger partial charge < -0.3 is 24.0 Å². The van der Waals surface area contributed by atoms with Crippen LogP contribution in [-0.2, 0) is 14.3 Å². The second-order valence-electron chi connectivity index (χ2n) is 7.99. The van der Waals surface area contributed by atoms with Gasteiger partial charge in [0.1, 0.15) is 24.7 Å². The Morgan fingerprint density at radius 1 is 1.09 bits per heavy atom. The van der Waals surface area contributed by atoms with E-state index in [0.717, 1.165) is 11.3 Å². The number of hydrogen-bond acceptors (Lipinski definition) is 5. The number of carbonyl (C=O) groups excluding carboxylic acids is 2. The molecule has 3 rings (SSSR count). The van der Waals surface area contributed by atoms with Crippen LogP contribution in [0.1, 0.15) is 32.4 Å². The first-order valence-corrected chi connectivity index (χ1v) is 11.0. The van der Waals surface area contributed by atoms with E-state index in [0.29, 0.717) is 25.5 Å². The molecule has 0 radical (unpaired) electrons. The Balaban J connectivity index is 1.66. The van der Waals surface area contributed by atoms with Crippen molar-refractivity contribution in [1.29, 1.82) is 0 Å². The summed E-state index contributed by atoms with van der Waals surface area (Å²) in [5.41, 5.74) is 0.881. The summed E-state index contributed by atoms with van der Waals surface area (Å²) in [4.78, 5) is 29.3. The molecule has 0 aliphatic carbocycles. The molecule has 32 heavy (non-hydrogen) atoms. The molecule has 172 valence electrons. The first-order valence-electron chi connectivity index (χ1n) is 11.0. The number of nitrogens with zero attached hydrogens (tertiary/aromatic N) is 2. The lowest BCUT2D eigenvalue weighted by atomic mass is 9.95. The quantitative estimate of drug-likeness (QED) is 0.599. The predicted molar refractivity (Wildman–Crippen MR) is 122 cm³/mol. The zero-order valence-corrected chi connectivity index (χ0v) is 19.2. The Bertz CT molecular complexity index is 885. The Kier molecular flexibility index (Phi) is 8.11. The van der Waals surface area contributed by atoms with Gasteiger partial charge in [-0.05, 0) is 50.6 Å². The highest BCUT2D eigenvalue weighted by Gasteiger charge is 2.43. The van der Waals surface area contributed by atoms with Crippen molar-refractivity contribution in [2.45, 2.75) is 39.0 Å². The highest BCUT2D eigenvalue weighted by atomic mass is 16.5. The summed E-state index contributed by atoms with van der Waals surface area (Å²) >= 11 is 0. The third kappa shape index (κ3) is 5.59. The summed E-state index contributed by atoms with van der Waals surface area (Å²) in [5, 5.41) is 0. The van der Waals surface area contributed by atoms with E-state index in [-0.39, 0.29) is 24.5 Å². The monoisotopic (exact) mass is 440 g/mol. The number of morpholine rings is 1. The molecule has 0 N–H and O–H groups in total. The largest absolute Gasteiger partial charge is 0.494 e. The number of ether oxygens (including phenoxy) is 3. The second kappa shape index (κ2) is 11.0. The first-order chi connectivity index (χ1) is 15.4. The minimum atomic E-state index is -0.770. The number of amides is 2. The standard InChI is InChI=1S/C25H32N2O5/c1-5-30-20-11-13-21(14-12-20)31-16-15-26(4)25(29)24-23(19-9-7-6-8-10-19)27(18(2)3)22(28)17-32-24/h6-14,18,23-24H,5,15-17H2,1-4H3/t23-,24+/m1/s1. The van der Waals surface area contributed by atoms with Crippen molar-refractivity contribution in [3.63, 3.8) is 0 Å². The summed E-state index contributed by atoms with van der Waals surface area (Å²) in [6.07, 6.45) is -0.770. The first kappa shape index (κ1) is 23.6. The third-order valence-electron chi connectivity index (χ3n) is 5.41. The Hall–Kier alpha value is -3.06. The molecule has 1 heterocycles. The van der Waals surface area contributed by atoms with Gasteiger partial charge in [0.25, 0.3) is 5.91 Å². The van der Waals surface area contributed by atoms with E-state index >= 15 is 0 Å². The lowest BCUT2D eigenvalue weighted by Crippen LogP contribution is -2.56. The molecular weight excluding hydrogens is 408 g/mol. The predicted octanol–water partition coefficient (Wildman–Crippen LogP) is 3.30. The minimum Gasteiger partial charge on any atom is -0.494 e. The number of rotatable bonds is 9. The third-order valence-corrected chi connectivity index (χ3v) is 5.41. The Labute approximate surface area is 189 Å². The van der Waals surface area contributed by atoms with E-state index < -0.39 is 12.1 Å². The summed E-state index contributed by atoms with van der Waals surface area (Å²) < 4.78 is 17.0. The minimum absolute atomic E-state index is 0.0554. The van der Waals surface area contributed by atoms with E-state index in [2.05, 4.69) is 0 Å². The summed E-state index contributed by atoms with van der Waals surface area (Å²) in [5.74, 6) is 1.21. The van der Waals surface area contributed by atoms with Gasteiger partial charge in [-0.3, -0.25) is 9.59 Å². The topological polar surface area (TPSA) is 68.3 Å². The van der Waals surface area contributed by atoms with Crippen molar-refractivity contribution in [1.82, 2.24) is 9.80 Å². The van der Waals surface area contributed by atoms with Gasteiger partial charge in [-0.1, -0.05) is 30.3 Å². The highest BCUT2D eigenvalue weighted by Crippen LogP contribution is 2.32. The smallest absolute Gasteiger partial charge is 0.254 e. The van der Waals surface area contributed by atoms with Crippen molar-refractivity contribution in [2.75, 3.05) is 33.4 Å². The van der Waals surface area contributed by atoms with Crippen LogP contribution in [-0.4, -0.2) is 67.2 Å². The van der Waals surface area contributed by atoms with E-state index in [1.165, 1.54) is 0 Å². The number of hydrogen-bond donors (Lipinski definition) is 0. The normalized spacial score (nSPS) is 18.5. The number of likely N-dealkylation sites (N-methyl/N-ethyl adjacent to an activating group) is 1. The fraction of sp³-hybridized carbons (Fsp3) is 0.440. The van der Waals surface area contributed by atoms with Gasteiger partial charge in [0.05, 0.1) is 19.2 Å². The van der Waals surface area contributed by atoms with E-state index in [1.807, 2.05) is 75.4 Å². The van der Waals surface area contributed by atoms with Gasteiger partial charge >= 0.3 is 0 Å². The van der Waals surface area contributed by atoms with Crippen molar-refractivity contribution in [3.05, 3.63) is 60.2 Å². The summed E-state index contributed by atoms with van der Waals surface area (Å²) in [7, 11) is 1.73. The molecular formula is C25H32N2O5. The van der Waals surface area contributed by atoms with Crippen molar-refractivity contribution in [2.24, 2.45) is 0 Å². The SMILES string of the molecule is CCOc1ccc(OCCN(C)C(=O)[C@H]2OCC(=O)N(C(C)C)[C@@H]2c2ccccc2)cc1. The van der Waals surface area contributed by atoms with E-state index in [4.69, 9.17) is 14.2 Å². The zero-order valence-electron chi connectivity index (χ0n) is 19.2. The average Bonchev–Trinajstić information content (AvgIpc) is 2.80. The van der Waals surface area contributed by atoms with Gasteiger partial charge in [0.2, 0.25) is 5.91 Å². The van der Waals surface area contributed by atoms with Crippen LogP contribution in [0.3, 0.4) is 0 Å². The molecule has 2 aromatic rings.